The number of halogens is 1. The van der Waals surface area contributed by atoms with E-state index in [2.05, 4.69) is 26.9 Å². The van der Waals surface area contributed by atoms with Crippen molar-refractivity contribution in [1.29, 1.82) is 0 Å². The van der Waals surface area contributed by atoms with Crippen LogP contribution in [-0.4, -0.2) is 37.2 Å². The van der Waals surface area contributed by atoms with E-state index >= 15 is 0 Å². The van der Waals surface area contributed by atoms with Crippen LogP contribution in [-0.2, 0) is 13.6 Å². The number of fused-ring (bicyclic) bond motifs is 1. The van der Waals surface area contributed by atoms with Crippen LogP contribution in [0.5, 0.6) is 0 Å². The van der Waals surface area contributed by atoms with Crippen LogP contribution in [0.15, 0.2) is 6.20 Å². The molecule has 0 radical (unpaired) electrons. The summed E-state index contributed by atoms with van der Waals surface area (Å²) in [6, 6.07) is 0.585. The van der Waals surface area contributed by atoms with Gasteiger partial charge in [0.15, 0.2) is 5.65 Å². The lowest BCUT2D eigenvalue weighted by molar-refractivity contribution is 0.200. The number of rotatable bonds is 2. The van der Waals surface area contributed by atoms with Crippen LogP contribution in [0.3, 0.4) is 0 Å². The molecule has 1 saturated heterocycles. The Hall–Kier alpha value is -1.20. The second kappa shape index (κ2) is 5.66. The molecule has 1 unspecified atom stereocenters. The zero-order valence-corrected chi connectivity index (χ0v) is 12.8. The first-order valence-electron chi connectivity index (χ1n) is 7.23. The Balaban J connectivity index is 1.88. The second-order valence-corrected chi connectivity index (χ2v) is 5.96. The molecular weight excluding hydrogens is 274 g/mol. The van der Waals surface area contributed by atoms with Gasteiger partial charge in [-0.2, -0.15) is 5.10 Å². The van der Waals surface area contributed by atoms with Crippen LogP contribution in [0.1, 0.15) is 38.4 Å². The number of likely N-dealkylation sites (tertiary alicyclic amines) is 1. The molecule has 3 rings (SSSR count). The zero-order chi connectivity index (χ0) is 14.1. The number of aromatic nitrogens is 4. The predicted octanol–water partition coefficient (Wildman–Crippen LogP) is 2.78. The van der Waals surface area contributed by atoms with Gasteiger partial charge >= 0.3 is 0 Å². The molecule has 0 saturated carbocycles. The monoisotopic (exact) mass is 293 g/mol. The minimum Gasteiger partial charge on any atom is -0.293 e. The van der Waals surface area contributed by atoms with Gasteiger partial charge in [0.05, 0.1) is 18.1 Å². The van der Waals surface area contributed by atoms with Gasteiger partial charge in [-0.3, -0.25) is 9.58 Å². The molecule has 20 heavy (non-hydrogen) atoms. The van der Waals surface area contributed by atoms with Gasteiger partial charge in [-0.25, -0.2) is 9.97 Å². The molecule has 2 aromatic heterocycles. The third kappa shape index (κ3) is 2.65. The van der Waals surface area contributed by atoms with Gasteiger partial charge < -0.3 is 0 Å². The molecule has 0 aromatic carbocycles. The van der Waals surface area contributed by atoms with Gasteiger partial charge in [0.1, 0.15) is 11.0 Å². The Morgan fingerprint density at radius 3 is 3.00 bits per heavy atom. The van der Waals surface area contributed by atoms with E-state index in [1.165, 1.54) is 25.7 Å². The van der Waals surface area contributed by atoms with Crippen molar-refractivity contribution in [1.82, 2.24) is 24.6 Å². The summed E-state index contributed by atoms with van der Waals surface area (Å²) in [4.78, 5) is 11.5. The van der Waals surface area contributed by atoms with Crippen molar-refractivity contribution in [3.8, 4) is 0 Å². The van der Waals surface area contributed by atoms with Crippen molar-refractivity contribution in [3.05, 3.63) is 17.2 Å². The minimum atomic E-state index is 0.501. The van der Waals surface area contributed by atoms with Gasteiger partial charge in [0.2, 0.25) is 0 Å². The largest absolute Gasteiger partial charge is 0.293 e. The van der Waals surface area contributed by atoms with E-state index in [0.29, 0.717) is 11.2 Å². The highest BCUT2D eigenvalue weighted by molar-refractivity contribution is 6.33. The Labute approximate surface area is 124 Å². The molecule has 1 aliphatic rings. The molecule has 0 N–H and O–H groups in total. The fourth-order valence-corrected chi connectivity index (χ4v) is 3.08. The SMILES string of the molecule is CC1CCCCCN1Cc1nc(Cl)c2cnn(C)c2n1. The van der Waals surface area contributed by atoms with Crippen molar-refractivity contribution in [2.75, 3.05) is 6.54 Å². The number of hydrogen-bond acceptors (Lipinski definition) is 4. The summed E-state index contributed by atoms with van der Waals surface area (Å²) < 4.78 is 1.75. The summed E-state index contributed by atoms with van der Waals surface area (Å²) in [5.74, 6) is 0.792. The van der Waals surface area contributed by atoms with Crippen LogP contribution in [0, 0.1) is 0 Å². The minimum absolute atomic E-state index is 0.501. The number of aryl methyl sites for hydroxylation is 1. The normalized spacial score (nSPS) is 21.2. The first-order valence-corrected chi connectivity index (χ1v) is 7.61. The van der Waals surface area contributed by atoms with Gasteiger partial charge in [0, 0.05) is 13.1 Å². The van der Waals surface area contributed by atoms with Crippen LogP contribution in [0.25, 0.3) is 11.0 Å². The standard InChI is InChI=1S/C14H20ClN5/c1-10-6-4-3-5-7-20(10)9-12-17-13(15)11-8-16-19(2)14(11)18-12/h8,10H,3-7,9H2,1-2H3. The maximum Gasteiger partial charge on any atom is 0.162 e. The Bertz CT molecular complexity index is 609. The summed E-state index contributed by atoms with van der Waals surface area (Å²) in [6.07, 6.45) is 6.87. The fraction of sp³-hybridized carbons (Fsp3) is 0.643. The average Bonchev–Trinajstić information content (AvgIpc) is 2.67. The summed E-state index contributed by atoms with van der Waals surface area (Å²) >= 11 is 6.24. The maximum absolute atomic E-state index is 6.24. The van der Waals surface area contributed by atoms with E-state index < -0.39 is 0 Å². The highest BCUT2D eigenvalue weighted by atomic mass is 35.5. The molecule has 5 nitrogen and oxygen atoms in total. The third-order valence-electron chi connectivity index (χ3n) is 4.13. The van der Waals surface area contributed by atoms with Crippen molar-refractivity contribution in [3.63, 3.8) is 0 Å². The molecule has 3 heterocycles. The number of hydrogen-bond donors (Lipinski definition) is 0. The molecule has 0 aliphatic carbocycles. The first-order chi connectivity index (χ1) is 9.65. The van der Waals surface area contributed by atoms with Gasteiger partial charge in [-0.1, -0.05) is 24.4 Å². The van der Waals surface area contributed by atoms with E-state index in [9.17, 15) is 0 Å². The molecule has 1 aliphatic heterocycles. The molecule has 6 heteroatoms. The van der Waals surface area contributed by atoms with E-state index in [0.717, 1.165) is 29.9 Å². The molecule has 1 fully saturated rings. The van der Waals surface area contributed by atoms with Crippen LogP contribution in [0.4, 0.5) is 0 Å². The molecule has 0 bridgehead atoms. The first kappa shape index (κ1) is 13.8. The van der Waals surface area contributed by atoms with Crippen LogP contribution in [0.2, 0.25) is 5.15 Å². The van der Waals surface area contributed by atoms with Gasteiger partial charge in [-0.05, 0) is 26.3 Å². The molecule has 108 valence electrons. The molecule has 1 atom stereocenters. The fourth-order valence-electron chi connectivity index (χ4n) is 2.85. The smallest absolute Gasteiger partial charge is 0.162 e. The molecule has 2 aromatic rings. The summed E-state index contributed by atoms with van der Waals surface area (Å²) in [6.45, 7) is 4.17. The summed E-state index contributed by atoms with van der Waals surface area (Å²) in [7, 11) is 1.88. The van der Waals surface area contributed by atoms with Gasteiger partial charge in [0.25, 0.3) is 0 Å². The highest BCUT2D eigenvalue weighted by Gasteiger charge is 2.19. The van der Waals surface area contributed by atoms with E-state index in [4.69, 9.17) is 11.6 Å². The molecule has 0 spiro atoms. The van der Waals surface area contributed by atoms with Crippen molar-refractivity contribution >= 4 is 22.6 Å². The molecular formula is C14H20ClN5. The third-order valence-corrected chi connectivity index (χ3v) is 4.42. The quantitative estimate of drug-likeness (QED) is 0.799. The average molecular weight is 294 g/mol. The predicted molar refractivity (Wildman–Crippen MR) is 79.7 cm³/mol. The van der Waals surface area contributed by atoms with E-state index in [-0.39, 0.29) is 0 Å². The summed E-state index contributed by atoms with van der Waals surface area (Å²) in [5, 5.41) is 5.51. The lowest BCUT2D eigenvalue weighted by Crippen LogP contribution is -2.32. The zero-order valence-electron chi connectivity index (χ0n) is 12.0. The van der Waals surface area contributed by atoms with Crippen LogP contribution < -0.4 is 0 Å². The van der Waals surface area contributed by atoms with Crippen molar-refractivity contribution < 1.29 is 0 Å². The lowest BCUT2D eigenvalue weighted by atomic mass is 10.1. The number of nitrogens with zero attached hydrogens (tertiary/aromatic N) is 5. The topological polar surface area (TPSA) is 46.8 Å². The second-order valence-electron chi connectivity index (χ2n) is 5.60. The Morgan fingerprint density at radius 2 is 2.15 bits per heavy atom. The lowest BCUT2D eigenvalue weighted by Gasteiger charge is -2.25. The van der Waals surface area contributed by atoms with E-state index in [1.54, 1.807) is 10.9 Å². The Kier molecular flexibility index (Phi) is 3.89. The van der Waals surface area contributed by atoms with Crippen molar-refractivity contribution in [2.45, 2.75) is 45.2 Å². The van der Waals surface area contributed by atoms with Crippen LogP contribution >= 0.6 is 11.6 Å². The van der Waals surface area contributed by atoms with Crippen molar-refractivity contribution in [2.24, 2.45) is 7.05 Å². The Morgan fingerprint density at radius 1 is 1.30 bits per heavy atom. The summed E-state index contributed by atoms with van der Waals surface area (Å²) in [5.41, 5.74) is 0.808. The van der Waals surface area contributed by atoms with Gasteiger partial charge in [-0.15, -0.1) is 0 Å². The highest BCUT2D eigenvalue weighted by Crippen LogP contribution is 2.22. The van der Waals surface area contributed by atoms with E-state index in [1.807, 2.05) is 7.05 Å². The molecule has 0 amide bonds. The maximum atomic E-state index is 6.24.